The quantitative estimate of drug-likeness (QED) is 0.876. The zero-order chi connectivity index (χ0) is 16.5. The summed E-state index contributed by atoms with van der Waals surface area (Å²) in [6.45, 7) is 0.603. The first-order valence-corrected chi connectivity index (χ1v) is 9.33. The van der Waals surface area contributed by atoms with E-state index in [1.165, 1.54) is 11.3 Å². The minimum Gasteiger partial charge on any atom is -0.349 e. The molecule has 4 nitrogen and oxygen atoms in total. The first kappa shape index (κ1) is 15.4. The van der Waals surface area contributed by atoms with Crippen LogP contribution < -0.4 is 5.32 Å². The molecule has 1 N–H and O–H groups in total. The highest BCUT2D eigenvalue weighted by atomic mass is 32.1. The van der Waals surface area contributed by atoms with E-state index < -0.39 is 0 Å². The Hall–Kier alpha value is -2.14. The summed E-state index contributed by atoms with van der Waals surface area (Å²) in [7, 11) is 0. The molecule has 1 aromatic heterocycles. The Morgan fingerprint density at radius 3 is 2.42 bits per heavy atom. The largest absolute Gasteiger partial charge is 0.349 e. The second-order valence-corrected chi connectivity index (χ2v) is 7.53. The van der Waals surface area contributed by atoms with E-state index in [2.05, 4.69) is 5.32 Å². The molecule has 0 saturated heterocycles. The zero-order valence-corrected chi connectivity index (χ0v) is 14.2. The van der Waals surface area contributed by atoms with Crippen LogP contribution in [0.4, 0.5) is 0 Å². The van der Waals surface area contributed by atoms with Crippen LogP contribution in [0.15, 0.2) is 41.8 Å². The van der Waals surface area contributed by atoms with Crippen LogP contribution in [0.2, 0.25) is 0 Å². The van der Waals surface area contributed by atoms with Gasteiger partial charge in [0, 0.05) is 24.2 Å². The maximum Gasteiger partial charge on any atom is 0.264 e. The first-order chi connectivity index (χ1) is 11.7. The van der Waals surface area contributed by atoms with Gasteiger partial charge in [-0.25, -0.2) is 0 Å². The number of hydrogen-bond donors (Lipinski definition) is 1. The van der Waals surface area contributed by atoms with Gasteiger partial charge in [0.1, 0.15) is 0 Å². The fourth-order valence-electron chi connectivity index (χ4n) is 2.75. The van der Waals surface area contributed by atoms with Crippen molar-refractivity contribution in [3.05, 3.63) is 57.8 Å². The summed E-state index contributed by atoms with van der Waals surface area (Å²) in [5, 5.41) is 4.93. The summed E-state index contributed by atoms with van der Waals surface area (Å²) in [6.07, 6.45) is 4.34. The molecule has 0 bridgehead atoms. The molecule has 1 aromatic carbocycles. The molecule has 2 aliphatic carbocycles. The highest BCUT2D eigenvalue weighted by molar-refractivity contribution is 7.12. The lowest BCUT2D eigenvalue weighted by Gasteiger charge is -2.22. The van der Waals surface area contributed by atoms with Crippen LogP contribution >= 0.6 is 11.3 Å². The van der Waals surface area contributed by atoms with Crippen molar-refractivity contribution < 1.29 is 9.59 Å². The van der Waals surface area contributed by atoms with Crippen molar-refractivity contribution in [1.29, 1.82) is 0 Å². The maximum atomic E-state index is 12.7. The Kier molecular flexibility index (Phi) is 4.10. The number of carbonyl (C=O) groups excluding carboxylic acids is 2. The molecule has 2 saturated carbocycles. The normalized spacial score (nSPS) is 16.7. The topological polar surface area (TPSA) is 49.4 Å². The SMILES string of the molecule is O=C(NC1CC1)c1ccc(CN(C(=O)c2cccs2)C2CC2)cc1. The van der Waals surface area contributed by atoms with Crippen LogP contribution in [-0.4, -0.2) is 28.8 Å². The predicted octanol–water partition coefficient (Wildman–Crippen LogP) is 3.45. The zero-order valence-electron chi connectivity index (χ0n) is 13.4. The number of carbonyl (C=O) groups is 2. The number of rotatable bonds is 6. The predicted molar refractivity (Wildman–Crippen MR) is 94.1 cm³/mol. The third kappa shape index (κ3) is 3.51. The molecule has 0 unspecified atom stereocenters. The Balaban J connectivity index is 1.44. The van der Waals surface area contributed by atoms with E-state index in [4.69, 9.17) is 0 Å². The van der Waals surface area contributed by atoms with Crippen LogP contribution in [0.5, 0.6) is 0 Å². The lowest BCUT2D eigenvalue weighted by molar-refractivity contribution is 0.0734. The molecule has 0 aliphatic heterocycles. The molecule has 1 heterocycles. The molecule has 2 aliphatic rings. The van der Waals surface area contributed by atoms with Gasteiger partial charge in [-0.1, -0.05) is 18.2 Å². The van der Waals surface area contributed by atoms with E-state index >= 15 is 0 Å². The van der Waals surface area contributed by atoms with Gasteiger partial charge >= 0.3 is 0 Å². The van der Waals surface area contributed by atoms with Crippen LogP contribution in [0, 0.1) is 0 Å². The number of amides is 2. The Bertz CT molecular complexity index is 731. The minimum atomic E-state index is -0.00207. The molecular weight excluding hydrogens is 320 g/mol. The van der Waals surface area contributed by atoms with E-state index in [-0.39, 0.29) is 11.8 Å². The van der Waals surface area contributed by atoms with Crippen molar-refractivity contribution in [2.45, 2.75) is 44.3 Å². The van der Waals surface area contributed by atoms with Gasteiger partial charge in [-0.2, -0.15) is 0 Å². The van der Waals surface area contributed by atoms with Crippen molar-refractivity contribution >= 4 is 23.2 Å². The van der Waals surface area contributed by atoms with Crippen molar-refractivity contribution in [1.82, 2.24) is 10.2 Å². The number of nitrogens with one attached hydrogen (secondary N) is 1. The van der Waals surface area contributed by atoms with E-state index in [1.807, 2.05) is 46.7 Å². The van der Waals surface area contributed by atoms with Crippen LogP contribution in [0.3, 0.4) is 0 Å². The van der Waals surface area contributed by atoms with Crippen LogP contribution in [0.25, 0.3) is 0 Å². The number of nitrogens with zero attached hydrogens (tertiary/aromatic N) is 1. The summed E-state index contributed by atoms with van der Waals surface area (Å²) in [4.78, 5) is 27.5. The fourth-order valence-corrected chi connectivity index (χ4v) is 3.43. The lowest BCUT2D eigenvalue weighted by Crippen LogP contribution is -2.32. The van der Waals surface area contributed by atoms with E-state index in [0.29, 0.717) is 24.2 Å². The molecule has 4 rings (SSSR count). The third-order valence-electron chi connectivity index (χ3n) is 4.46. The average Bonchev–Trinajstić information content (AvgIpc) is 3.53. The Labute approximate surface area is 145 Å². The van der Waals surface area contributed by atoms with Crippen molar-refractivity contribution in [2.75, 3.05) is 0 Å². The fraction of sp³-hybridized carbons (Fsp3) is 0.368. The van der Waals surface area contributed by atoms with E-state index in [9.17, 15) is 9.59 Å². The minimum absolute atomic E-state index is 0.00207. The molecule has 5 heteroatoms. The van der Waals surface area contributed by atoms with Gasteiger partial charge in [-0.3, -0.25) is 9.59 Å². The summed E-state index contributed by atoms with van der Waals surface area (Å²) in [6, 6.07) is 12.1. The van der Waals surface area contributed by atoms with Gasteiger partial charge in [0.15, 0.2) is 0 Å². The smallest absolute Gasteiger partial charge is 0.264 e. The van der Waals surface area contributed by atoms with Crippen molar-refractivity contribution in [3.8, 4) is 0 Å². The second kappa shape index (κ2) is 6.40. The maximum absolute atomic E-state index is 12.7. The van der Waals surface area contributed by atoms with Crippen LogP contribution in [0.1, 0.15) is 51.3 Å². The van der Waals surface area contributed by atoms with Crippen molar-refractivity contribution in [2.24, 2.45) is 0 Å². The Morgan fingerprint density at radius 1 is 1.08 bits per heavy atom. The summed E-state index contributed by atoms with van der Waals surface area (Å²) < 4.78 is 0. The van der Waals surface area contributed by atoms with Gasteiger partial charge in [0.05, 0.1) is 4.88 Å². The van der Waals surface area contributed by atoms with Crippen molar-refractivity contribution in [3.63, 3.8) is 0 Å². The monoisotopic (exact) mass is 340 g/mol. The summed E-state index contributed by atoms with van der Waals surface area (Å²) >= 11 is 1.49. The van der Waals surface area contributed by atoms with E-state index in [1.54, 1.807) is 0 Å². The highest BCUT2D eigenvalue weighted by Gasteiger charge is 2.33. The molecule has 0 atom stereocenters. The number of hydrogen-bond acceptors (Lipinski definition) is 3. The molecule has 2 amide bonds. The standard InChI is InChI=1S/C19H20N2O2S/c22-18(20-15-7-8-15)14-5-3-13(4-6-14)12-21(16-9-10-16)19(23)17-2-1-11-24-17/h1-6,11,15-16H,7-10,12H2,(H,20,22). The Morgan fingerprint density at radius 2 is 1.83 bits per heavy atom. The van der Waals surface area contributed by atoms with Crippen LogP contribution in [-0.2, 0) is 6.54 Å². The van der Waals surface area contributed by atoms with Gasteiger partial charge in [0.2, 0.25) is 0 Å². The molecule has 0 radical (unpaired) electrons. The molecular formula is C19H20N2O2S. The van der Waals surface area contributed by atoms with Gasteiger partial charge in [-0.05, 0) is 54.8 Å². The van der Waals surface area contributed by atoms with Gasteiger partial charge < -0.3 is 10.2 Å². The lowest BCUT2D eigenvalue weighted by atomic mass is 10.1. The van der Waals surface area contributed by atoms with E-state index in [0.717, 1.165) is 36.1 Å². The molecule has 24 heavy (non-hydrogen) atoms. The molecule has 0 spiro atoms. The first-order valence-electron chi connectivity index (χ1n) is 8.45. The summed E-state index contributed by atoms with van der Waals surface area (Å²) in [5.41, 5.74) is 1.75. The van der Waals surface area contributed by atoms with Gasteiger partial charge in [0.25, 0.3) is 11.8 Å². The third-order valence-corrected chi connectivity index (χ3v) is 5.32. The van der Waals surface area contributed by atoms with Gasteiger partial charge in [-0.15, -0.1) is 11.3 Å². The molecule has 2 fully saturated rings. The number of benzene rings is 1. The highest BCUT2D eigenvalue weighted by Crippen LogP contribution is 2.30. The summed E-state index contributed by atoms with van der Waals surface area (Å²) in [5.74, 6) is 0.112. The molecule has 124 valence electrons. The second-order valence-electron chi connectivity index (χ2n) is 6.59. The number of thiophene rings is 1. The molecule has 2 aromatic rings. The average molecular weight is 340 g/mol.